The van der Waals surface area contributed by atoms with Crippen molar-refractivity contribution < 1.29 is 9.90 Å². The highest BCUT2D eigenvalue weighted by Gasteiger charge is 2.30. The molecule has 2 rings (SSSR count). The van der Waals surface area contributed by atoms with Crippen LogP contribution in [-0.2, 0) is 4.79 Å². The second-order valence-corrected chi connectivity index (χ2v) is 3.81. The predicted octanol–water partition coefficient (Wildman–Crippen LogP) is 0.389. The second kappa shape index (κ2) is 3.60. The van der Waals surface area contributed by atoms with Crippen molar-refractivity contribution in [2.75, 3.05) is 6.61 Å². The number of ketones is 1. The lowest BCUT2D eigenvalue weighted by Crippen LogP contribution is -2.32. The van der Waals surface area contributed by atoms with E-state index >= 15 is 0 Å². The molecule has 0 aromatic carbocycles. The highest BCUT2D eigenvalue weighted by atomic mass is 16.3. The van der Waals surface area contributed by atoms with Crippen LogP contribution in [0.2, 0.25) is 0 Å². The Balaban J connectivity index is 2.16. The normalized spacial score (nSPS) is 32.5. The fraction of sp³-hybridized carbons (Fsp3) is 0.700. The lowest BCUT2D eigenvalue weighted by atomic mass is 9.97. The number of hydrogen-bond acceptors (Lipinski definition) is 3. The quantitative estimate of drug-likeness (QED) is 0.648. The van der Waals surface area contributed by atoms with Crippen molar-refractivity contribution in [3.63, 3.8) is 0 Å². The fourth-order valence-corrected chi connectivity index (χ4v) is 2.27. The third kappa shape index (κ3) is 1.67. The molecular formula is C10H15NO2. The van der Waals surface area contributed by atoms with Crippen LogP contribution in [0.15, 0.2) is 11.6 Å². The minimum atomic E-state index is -0.353. The first-order valence-electron chi connectivity index (χ1n) is 4.91. The lowest BCUT2D eigenvalue weighted by molar-refractivity contribution is -0.118. The number of hydrogen-bond donors (Lipinski definition) is 2. The van der Waals surface area contributed by atoms with Crippen molar-refractivity contribution in [1.29, 1.82) is 0 Å². The van der Waals surface area contributed by atoms with E-state index in [-0.39, 0.29) is 18.4 Å². The number of Topliss-reactive ketones (excluding diaryl/α,β-unsaturated/α-hetero) is 1. The lowest BCUT2D eigenvalue weighted by Gasteiger charge is -2.12. The van der Waals surface area contributed by atoms with Gasteiger partial charge in [-0.2, -0.15) is 0 Å². The summed E-state index contributed by atoms with van der Waals surface area (Å²) in [7, 11) is 0. The first kappa shape index (κ1) is 8.91. The van der Waals surface area contributed by atoms with Crippen LogP contribution in [0.3, 0.4) is 0 Å². The van der Waals surface area contributed by atoms with Crippen LogP contribution in [0.25, 0.3) is 0 Å². The van der Waals surface area contributed by atoms with Gasteiger partial charge in [-0.3, -0.25) is 4.79 Å². The standard InChI is InChI=1S/C10H15NO2/c12-6-10(13)8-3-1-2-7-4-5-9(8)11-7/h3,7,9,11-12H,1-2,4-6H2/t7?,9-/m1/s1. The van der Waals surface area contributed by atoms with Gasteiger partial charge in [0.25, 0.3) is 0 Å². The molecule has 2 N–H and O–H groups in total. The topological polar surface area (TPSA) is 49.3 Å². The van der Waals surface area contributed by atoms with E-state index in [4.69, 9.17) is 5.11 Å². The fourth-order valence-electron chi connectivity index (χ4n) is 2.27. The Morgan fingerprint density at radius 1 is 1.54 bits per heavy atom. The van der Waals surface area contributed by atoms with Gasteiger partial charge in [0.2, 0.25) is 0 Å². The van der Waals surface area contributed by atoms with Gasteiger partial charge in [-0.1, -0.05) is 6.08 Å². The van der Waals surface area contributed by atoms with Gasteiger partial charge in [0.05, 0.1) is 0 Å². The van der Waals surface area contributed by atoms with Gasteiger partial charge in [0.15, 0.2) is 5.78 Å². The van der Waals surface area contributed by atoms with E-state index in [1.54, 1.807) is 0 Å². The number of rotatable bonds is 2. The highest BCUT2D eigenvalue weighted by Crippen LogP contribution is 2.26. The molecule has 3 nitrogen and oxygen atoms in total. The first-order chi connectivity index (χ1) is 6.31. The molecule has 2 atom stereocenters. The molecule has 2 aliphatic rings. The van der Waals surface area contributed by atoms with E-state index in [1.807, 2.05) is 6.08 Å². The number of aliphatic hydroxyl groups excluding tert-OH is 1. The van der Waals surface area contributed by atoms with Crippen molar-refractivity contribution >= 4 is 5.78 Å². The molecule has 1 unspecified atom stereocenters. The Morgan fingerprint density at radius 3 is 3.15 bits per heavy atom. The minimum Gasteiger partial charge on any atom is -0.388 e. The zero-order valence-corrected chi connectivity index (χ0v) is 7.62. The number of fused-ring (bicyclic) bond motifs is 2. The van der Waals surface area contributed by atoms with Crippen LogP contribution in [-0.4, -0.2) is 29.6 Å². The van der Waals surface area contributed by atoms with Gasteiger partial charge in [-0.25, -0.2) is 0 Å². The van der Waals surface area contributed by atoms with Gasteiger partial charge in [0, 0.05) is 17.7 Å². The molecule has 0 spiro atoms. The largest absolute Gasteiger partial charge is 0.388 e. The average Bonchev–Trinajstić information content (AvgIpc) is 2.46. The number of allylic oxidation sites excluding steroid dienone is 1. The molecule has 0 amide bonds. The van der Waals surface area contributed by atoms with Gasteiger partial charge >= 0.3 is 0 Å². The van der Waals surface area contributed by atoms with Gasteiger partial charge < -0.3 is 10.4 Å². The molecule has 0 saturated carbocycles. The average molecular weight is 181 g/mol. The molecule has 0 aromatic heterocycles. The molecule has 1 fully saturated rings. The third-order valence-corrected chi connectivity index (χ3v) is 2.96. The maximum atomic E-state index is 11.3. The van der Waals surface area contributed by atoms with Crippen LogP contribution in [0.4, 0.5) is 0 Å². The Morgan fingerprint density at radius 2 is 2.38 bits per heavy atom. The van der Waals surface area contributed by atoms with Crippen molar-refractivity contribution in [2.45, 2.75) is 37.8 Å². The zero-order chi connectivity index (χ0) is 9.26. The van der Waals surface area contributed by atoms with E-state index in [2.05, 4.69) is 5.32 Å². The number of nitrogens with one attached hydrogen (secondary N) is 1. The Kier molecular flexibility index (Phi) is 2.47. The van der Waals surface area contributed by atoms with Gasteiger partial charge in [0.1, 0.15) is 6.61 Å². The molecule has 72 valence electrons. The number of aliphatic hydroxyl groups is 1. The molecule has 2 bridgehead atoms. The zero-order valence-electron chi connectivity index (χ0n) is 7.62. The summed E-state index contributed by atoms with van der Waals surface area (Å²) in [4.78, 5) is 11.3. The molecule has 0 radical (unpaired) electrons. The van der Waals surface area contributed by atoms with Crippen molar-refractivity contribution in [3.8, 4) is 0 Å². The van der Waals surface area contributed by atoms with Crippen LogP contribution in [0.5, 0.6) is 0 Å². The second-order valence-electron chi connectivity index (χ2n) is 3.81. The summed E-state index contributed by atoms with van der Waals surface area (Å²) in [5.74, 6) is -0.111. The predicted molar refractivity (Wildman–Crippen MR) is 49.4 cm³/mol. The van der Waals surface area contributed by atoms with Gasteiger partial charge in [-0.15, -0.1) is 0 Å². The molecule has 3 heteroatoms. The summed E-state index contributed by atoms with van der Waals surface area (Å²) in [6.07, 6.45) is 6.30. The highest BCUT2D eigenvalue weighted by molar-refractivity contribution is 5.97. The van der Waals surface area contributed by atoms with E-state index < -0.39 is 0 Å². The van der Waals surface area contributed by atoms with E-state index in [0.717, 1.165) is 24.8 Å². The van der Waals surface area contributed by atoms with E-state index in [0.29, 0.717) is 6.04 Å². The van der Waals surface area contributed by atoms with Crippen LogP contribution in [0.1, 0.15) is 25.7 Å². The maximum absolute atomic E-state index is 11.3. The Hall–Kier alpha value is -0.670. The molecule has 0 aromatic rings. The summed E-state index contributed by atoms with van der Waals surface area (Å²) in [6, 6.07) is 0.803. The SMILES string of the molecule is O=C(CO)C1=CCCC2CC[C@H]1N2. The molecule has 2 aliphatic heterocycles. The van der Waals surface area contributed by atoms with Crippen molar-refractivity contribution in [3.05, 3.63) is 11.6 Å². The summed E-state index contributed by atoms with van der Waals surface area (Å²) in [6.45, 7) is -0.353. The Bertz CT molecular complexity index is 247. The monoisotopic (exact) mass is 181 g/mol. The van der Waals surface area contributed by atoms with E-state index in [1.165, 1.54) is 6.42 Å². The third-order valence-electron chi connectivity index (χ3n) is 2.96. The number of carbonyl (C=O) groups excluding carboxylic acids is 1. The van der Waals surface area contributed by atoms with Crippen LogP contribution >= 0.6 is 0 Å². The summed E-state index contributed by atoms with van der Waals surface area (Å²) in [5.41, 5.74) is 0.808. The minimum absolute atomic E-state index is 0.111. The molecule has 13 heavy (non-hydrogen) atoms. The smallest absolute Gasteiger partial charge is 0.185 e. The molecule has 1 saturated heterocycles. The maximum Gasteiger partial charge on any atom is 0.185 e. The summed E-state index contributed by atoms with van der Waals surface area (Å²) >= 11 is 0. The van der Waals surface area contributed by atoms with Crippen LogP contribution < -0.4 is 5.32 Å². The Labute approximate surface area is 77.8 Å². The molecular weight excluding hydrogens is 166 g/mol. The van der Waals surface area contributed by atoms with E-state index in [9.17, 15) is 4.79 Å². The van der Waals surface area contributed by atoms with Crippen LogP contribution in [0, 0.1) is 0 Å². The van der Waals surface area contributed by atoms with Crippen molar-refractivity contribution in [2.24, 2.45) is 0 Å². The summed E-state index contributed by atoms with van der Waals surface area (Å²) < 4.78 is 0. The summed E-state index contributed by atoms with van der Waals surface area (Å²) in [5, 5.41) is 12.2. The number of carbonyl (C=O) groups is 1. The molecule has 0 aliphatic carbocycles. The van der Waals surface area contributed by atoms with Gasteiger partial charge in [-0.05, 0) is 25.7 Å². The first-order valence-corrected chi connectivity index (χ1v) is 4.91. The molecule has 2 heterocycles. The van der Waals surface area contributed by atoms with Crippen molar-refractivity contribution in [1.82, 2.24) is 5.32 Å².